The van der Waals surface area contributed by atoms with E-state index in [9.17, 15) is 9.59 Å². The van der Waals surface area contributed by atoms with Crippen LogP contribution in [-0.2, 0) is 4.74 Å². The number of aromatic nitrogens is 3. The normalized spacial score (nSPS) is 13.0. The molecule has 0 bridgehead atoms. The van der Waals surface area contributed by atoms with Crippen molar-refractivity contribution in [1.82, 2.24) is 15.0 Å². The Morgan fingerprint density at radius 1 is 1.21 bits per heavy atom. The lowest BCUT2D eigenvalue weighted by molar-refractivity contribution is 0.0520. The summed E-state index contributed by atoms with van der Waals surface area (Å²) in [6.45, 7) is 4.65. The summed E-state index contributed by atoms with van der Waals surface area (Å²) in [5.74, 6) is 0.673. The van der Waals surface area contributed by atoms with E-state index < -0.39 is 5.97 Å². The highest BCUT2D eigenvalue weighted by Gasteiger charge is 2.30. The van der Waals surface area contributed by atoms with Crippen LogP contribution in [0.2, 0.25) is 0 Å². The zero-order valence-electron chi connectivity index (χ0n) is 16.5. The summed E-state index contributed by atoms with van der Waals surface area (Å²) < 4.78 is 5.03. The van der Waals surface area contributed by atoms with Crippen molar-refractivity contribution in [3.63, 3.8) is 0 Å². The molecular formula is C21H21N5O3. The molecule has 0 atom stereocenters. The van der Waals surface area contributed by atoms with Gasteiger partial charge in [-0.15, -0.1) is 0 Å². The fourth-order valence-electron chi connectivity index (χ4n) is 3.40. The number of anilines is 3. The largest absolute Gasteiger partial charge is 0.461 e. The number of pyridine rings is 2. The first kappa shape index (κ1) is 18.7. The van der Waals surface area contributed by atoms with E-state index >= 15 is 0 Å². The van der Waals surface area contributed by atoms with Crippen molar-refractivity contribution in [2.75, 3.05) is 30.0 Å². The maximum Gasteiger partial charge on any atom is 0.354 e. The number of nitrogens with zero attached hydrogens (tertiary/aromatic N) is 4. The van der Waals surface area contributed by atoms with E-state index in [1.807, 2.05) is 24.0 Å². The highest BCUT2D eigenvalue weighted by Crippen LogP contribution is 2.38. The first-order valence-electron chi connectivity index (χ1n) is 9.42. The van der Waals surface area contributed by atoms with Crippen LogP contribution in [-0.4, -0.2) is 47.0 Å². The first-order chi connectivity index (χ1) is 14.0. The molecule has 8 heteroatoms. The number of hydrogen-bond acceptors (Lipinski definition) is 6. The Morgan fingerprint density at radius 2 is 2.03 bits per heavy atom. The number of carbonyl (C=O) groups is 2. The molecule has 0 unspecified atom stereocenters. The molecule has 0 radical (unpaired) electrons. The maximum absolute atomic E-state index is 12.9. The molecule has 0 saturated heterocycles. The number of nitrogens with one attached hydrogen (secondary N) is 1. The molecule has 0 saturated carbocycles. The molecule has 1 aliphatic heterocycles. The molecule has 148 valence electrons. The number of hydrogen-bond donors (Lipinski definition) is 1. The van der Waals surface area contributed by atoms with E-state index in [2.05, 4.69) is 9.97 Å². The molecule has 8 nitrogen and oxygen atoms in total. The number of rotatable bonds is 4. The molecule has 0 fully saturated rings. The van der Waals surface area contributed by atoms with Crippen LogP contribution in [0.15, 0.2) is 42.7 Å². The monoisotopic (exact) mass is 391 g/mol. The van der Waals surface area contributed by atoms with E-state index in [1.165, 1.54) is 0 Å². The van der Waals surface area contributed by atoms with Crippen LogP contribution in [0.4, 0.5) is 17.3 Å². The third-order valence-corrected chi connectivity index (χ3v) is 4.84. The smallest absolute Gasteiger partial charge is 0.354 e. The molecule has 1 amide bonds. The second-order valence-corrected chi connectivity index (χ2v) is 6.54. The van der Waals surface area contributed by atoms with Gasteiger partial charge in [-0.25, -0.2) is 14.8 Å². The fraction of sp³-hybridized carbons (Fsp3) is 0.238. The van der Waals surface area contributed by atoms with Gasteiger partial charge in [-0.2, -0.15) is 0 Å². The molecule has 3 aromatic heterocycles. The molecule has 0 aromatic carbocycles. The van der Waals surface area contributed by atoms with Gasteiger partial charge in [0.25, 0.3) is 5.91 Å². The second kappa shape index (κ2) is 7.38. The molecule has 4 rings (SSSR count). The van der Waals surface area contributed by atoms with E-state index in [0.717, 1.165) is 5.56 Å². The van der Waals surface area contributed by atoms with Gasteiger partial charge in [-0.3, -0.25) is 4.79 Å². The number of carbonyl (C=O) groups excluding carboxylic acids is 2. The average Bonchev–Trinajstić information content (AvgIpc) is 3.21. The van der Waals surface area contributed by atoms with Gasteiger partial charge in [0.15, 0.2) is 5.82 Å². The molecule has 1 N–H and O–H groups in total. The van der Waals surface area contributed by atoms with Gasteiger partial charge in [-0.05, 0) is 44.2 Å². The van der Waals surface area contributed by atoms with E-state index in [-0.39, 0.29) is 5.91 Å². The summed E-state index contributed by atoms with van der Waals surface area (Å²) in [5, 5.41) is 0. The fourth-order valence-corrected chi connectivity index (χ4v) is 3.40. The van der Waals surface area contributed by atoms with Crippen molar-refractivity contribution >= 4 is 29.2 Å². The van der Waals surface area contributed by atoms with Crippen LogP contribution in [0.3, 0.4) is 0 Å². The van der Waals surface area contributed by atoms with Gasteiger partial charge in [0, 0.05) is 31.5 Å². The van der Waals surface area contributed by atoms with E-state index in [4.69, 9.17) is 9.72 Å². The Kier molecular flexibility index (Phi) is 4.75. The Morgan fingerprint density at radius 3 is 2.79 bits per heavy atom. The minimum Gasteiger partial charge on any atom is -0.461 e. The van der Waals surface area contributed by atoms with Crippen molar-refractivity contribution in [3.8, 4) is 11.3 Å². The Labute approximate surface area is 168 Å². The van der Waals surface area contributed by atoms with Crippen LogP contribution in [0.1, 0.15) is 34.7 Å². The minimum atomic E-state index is -0.410. The highest BCUT2D eigenvalue weighted by atomic mass is 16.5. The van der Waals surface area contributed by atoms with Crippen molar-refractivity contribution in [2.45, 2.75) is 13.8 Å². The minimum absolute atomic E-state index is 0.133. The van der Waals surface area contributed by atoms with Crippen LogP contribution < -0.4 is 9.80 Å². The first-order valence-corrected chi connectivity index (χ1v) is 9.42. The summed E-state index contributed by atoms with van der Waals surface area (Å²) in [7, 11) is 1.73. The molecule has 1 aliphatic rings. The van der Waals surface area contributed by atoms with Crippen LogP contribution in [0.5, 0.6) is 0 Å². The number of esters is 1. The number of amides is 1. The number of ether oxygens (including phenoxy) is 1. The Hall–Kier alpha value is -3.68. The van der Waals surface area contributed by atoms with Crippen LogP contribution in [0, 0.1) is 0 Å². The van der Waals surface area contributed by atoms with Crippen LogP contribution in [0.25, 0.3) is 11.3 Å². The predicted octanol–water partition coefficient (Wildman–Crippen LogP) is 3.40. The average molecular weight is 391 g/mol. The van der Waals surface area contributed by atoms with Gasteiger partial charge in [0.05, 0.1) is 23.6 Å². The molecular weight excluding hydrogens is 370 g/mol. The number of H-pyrrole nitrogens is 1. The summed E-state index contributed by atoms with van der Waals surface area (Å²) in [5.41, 5.74) is 3.02. The Balaban J connectivity index is 1.82. The van der Waals surface area contributed by atoms with Gasteiger partial charge < -0.3 is 19.5 Å². The van der Waals surface area contributed by atoms with Crippen molar-refractivity contribution in [3.05, 3.63) is 54.0 Å². The van der Waals surface area contributed by atoms with Gasteiger partial charge in [0.1, 0.15) is 11.5 Å². The van der Waals surface area contributed by atoms with Crippen molar-refractivity contribution < 1.29 is 14.3 Å². The lowest BCUT2D eigenvalue weighted by Gasteiger charge is -2.23. The van der Waals surface area contributed by atoms with Crippen molar-refractivity contribution in [1.29, 1.82) is 0 Å². The summed E-state index contributed by atoms with van der Waals surface area (Å²) in [6, 6.07) is 8.93. The lowest BCUT2D eigenvalue weighted by atomic mass is 10.2. The van der Waals surface area contributed by atoms with Gasteiger partial charge in [0.2, 0.25) is 0 Å². The topological polar surface area (TPSA) is 91.4 Å². The SMILES string of the molecule is CCOC(=O)c1cc(-c2ccc3c(n2)N(CC)c2ncccc2C(=O)N3C)c[nH]1. The summed E-state index contributed by atoms with van der Waals surface area (Å²) >= 11 is 0. The molecule has 3 aromatic rings. The van der Waals surface area contributed by atoms with Crippen molar-refractivity contribution in [2.24, 2.45) is 0 Å². The quantitative estimate of drug-likeness (QED) is 0.686. The second-order valence-electron chi connectivity index (χ2n) is 6.54. The summed E-state index contributed by atoms with van der Waals surface area (Å²) in [4.78, 5) is 40.6. The molecule has 0 aliphatic carbocycles. The molecule has 29 heavy (non-hydrogen) atoms. The van der Waals surface area contributed by atoms with Crippen LogP contribution >= 0.6 is 0 Å². The van der Waals surface area contributed by atoms with Gasteiger partial charge in [-0.1, -0.05) is 0 Å². The Bertz CT molecular complexity index is 1090. The zero-order chi connectivity index (χ0) is 20.5. The lowest BCUT2D eigenvalue weighted by Crippen LogP contribution is -2.25. The maximum atomic E-state index is 12.9. The highest BCUT2D eigenvalue weighted by molar-refractivity contribution is 6.12. The third-order valence-electron chi connectivity index (χ3n) is 4.84. The zero-order valence-corrected chi connectivity index (χ0v) is 16.5. The predicted molar refractivity (Wildman–Crippen MR) is 110 cm³/mol. The number of aromatic amines is 1. The third kappa shape index (κ3) is 3.12. The van der Waals surface area contributed by atoms with E-state index in [0.29, 0.717) is 47.4 Å². The standard InChI is InChI=1S/C21H21N5O3/c1-4-26-18-14(7-6-10-22-18)20(27)25(3)17-9-8-15(24-19(17)26)13-11-16(23-12-13)21(28)29-5-2/h6-12,23H,4-5H2,1-3H3. The molecule has 0 spiro atoms. The van der Waals surface area contributed by atoms with E-state index in [1.54, 1.807) is 49.5 Å². The summed E-state index contributed by atoms with van der Waals surface area (Å²) in [6.07, 6.45) is 3.39. The number of fused-ring (bicyclic) bond motifs is 2. The molecule has 4 heterocycles. The van der Waals surface area contributed by atoms with Gasteiger partial charge >= 0.3 is 5.97 Å².